The summed E-state index contributed by atoms with van der Waals surface area (Å²) in [5, 5.41) is 11.4. The quantitative estimate of drug-likeness (QED) is 0.735. The van der Waals surface area contributed by atoms with Crippen molar-refractivity contribution in [3.63, 3.8) is 0 Å². The molecule has 0 amide bonds. The average molecular weight is 285 g/mol. The molecule has 1 N–H and O–H groups in total. The van der Waals surface area contributed by atoms with Crippen LogP contribution in [0, 0.1) is 0 Å². The lowest BCUT2D eigenvalue weighted by atomic mass is 10.3. The van der Waals surface area contributed by atoms with E-state index in [9.17, 15) is 0 Å². The molecule has 3 aromatic rings. The number of aryl methyl sites for hydroxylation is 1. The molecule has 0 aliphatic rings. The van der Waals surface area contributed by atoms with Crippen molar-refractivity contribution in [1.29, 1.82) is 0 Å². The molecule has 0 spiro atoms. The lowest BCUT2D eigenvalue weighted by Gasteiger charge is -2.07. The second-order valence-corrected chi connectivity index (χ2v) is 4.45. The van der Waals surface area contributed by atoms with E-state index < -0.39 is 0 Å². The molecule has 9 nitrogen and oxygen atoms in total. The molecule has 0 radical (unpaired) electrons. The van der Waals surface area contributed by atoms with Crippen molar-refractivity contribution in [2.45, 2.75) is 13.3 Å². The molecule has 0 saturated heterocycles. The van der Waals surface area contributed by atoms with Crippen molar-refractivity contribution in [1.82, 2.24) is 39.5 Å². The zero-order valence-corrected chi connectivity index (χ0v) is 11.8. The number of nitrogens with one attached hydrogen (secondary N) is 1. The van der Waals surface area contributed by atoms with E-state index in [1.54, 1.807) is 17.2 Å². The molecule has 0 bridgehead atoms. The van der Waals surface area contributed by atoms with Crippen LogP contribution in [-0.4, -0.2) is 46.0 Å². The molecule has 0 aliphatic carbocycles. The van der Waals surface area contributed by atoms with E-state index in [1.807, 2.05) is 13.2 Å². The highest BCUT2D eigenvalue weighted by atomic mass is 15.4. The Morgan fingerprint density at radius 2 is 2.10 bits per heavy atom. The maximum atomic E-state index is 4.42. The predicted octanol–water partition coefficient (Wildman–Crippen LogP) is 0.675. The molecule has 108 valence electrons. The van der Waals surface area contributed by atoms with Gasteiger partial charge in [0, 0.05) is 19.8 Å². The van der Waals surface area contributed by atoms with Crippen LogP contribution >= 0.6 is 0 Å². The molecule has 21 heavy (non-hydrogen) atoms. The Bertz CT molecular complexity index is 716. The summed E-state index contributed by atoms with van der Waals surface area (Å²) < 4.78 is 3.20. The van der Waals surface area contributed by atoms with Gasteiger partial charge in [0.15, 0.2) is 5.82 Å². The number of hydrogen-bond acceptors (Lipinski definition) is 7. The number of nitrogens with zero attached hydrogens (tertiary/aromatic N) is 8. The molecule has 0 fully saturated rings. The van der Waals surface area contributed by atoms with Crippen LogP contribution in [0.5, 0.6) is 0 Å². The summed E-state index contributed by atoms with van der Waals surface area (Å²) in [6, 6.07) is 0. The van der Waals surface area contributed by atoms with Gasteiger partial charge in [0.05, 0.1) is 11.8 Å². The zero-order chi connectivity index (χ0) is 14.7. The zero-order valence-electron chi connectivity index (χ0n) is 11.8. The van der Waals surface area contributed by atoms with Gasteiger partial charge in [0.1, 0.15) is 12.7 Å². The number of aromatic nitrogens is 8. The van der Waals surface area contributed by atoms with Crippen molar-refractivity contribution in [3.8, 4) is 17.3 Å². The highest BCUT2D eigenvalue weighted by Gasteiger charge is 2.11. The molecule has 3 rings (SSSR count). The topological polar surface area (TPSA) is 99.2 Å². The molecule has 0 saturated carbocycles. The Morgan fingerprint density at radius 1 is 1.19 bits per heavy atom. The van der Waals surface area contributed by atoms with Gasteiger partial charge in [-0.15, -0.1) is 0 Å². The molecule has 3 aromatic heterocycles. The second-order valence-electron chi connectivity index (χ2n) is 4.45. The van der Waals surface area contributed by atoms with E-state index in [0.717, 1.165) is 18.5 Å². The summed E-state index contributed by atoms with van der Waals surface area (Å²) in [7, 11) is 1.85. The van der Waals surface area contributed by atoms with Gasteiger partial charge in [-0.2, -0.15) is 29.8 Å². The van der Waals surface area contributed by atoms with Crippen LogP contribution in [0.2, 0.25) is 0 Å². The summed E-state index contributed by atoms with van der Waals surface area (Å²) in [5.41, 5.74) is 0.820. The smallest absolute Gasteiger partial charge is 0.257 e. The van der Waals surface area contributed by atoms with Gasteiger partial charge in [-0.25, -0.2) is 4.98 Å². The second kappa shape index (κ2) is 5.65. The maximum Gasteiger partial charge on any atom is 0.257 e. The van der Waals surface area contributed by atoms with Crippen LogP contribution in [0.25, 0.3) is 17.3 Å². The molecular weight excluding hydrogens is 270 g/mol. The Kier molecular flexibility index (Phi) is 3.54. The Hall–Kier alpha value is -2.84. The minimum atomic E-state index is 0.417. The largest absolute Gasteiger partial charge is 0.354 e. The van der Waals surface area contributed by atoms with E-state index in [1.165, 1.54) is 11.0 Å². The van der Waals surface area contributed by atoms with Gasteiger partial charge in [0.25, 0.3) is 5.95 Å². The highest BCUT2D eigenvalue weighted by molar-refractivity contribution is 5.54. The number of anilines is 1. The normalized spacial score (nSPS) is 10.8. The molecule has 3 heterocycles. The van der Waals surface area contributed by atoms with Crippen molar-refractivity contribution in [2.24, 2.45) is 7.05 Å². The first-order chi connectivity index (χ1) is 10.3. The van der Waals surface area contributed by atoms with Gasteiger partial charge >= 0.3 is 0 Å². The Morgan fingerprint density at radius 3 is 2.76 bits per heavy atom. The number of hydrogen-bond donors (Lipinski definition) is 1. The fourth-order valence-electron chi connectivity index (χ4n) is 1.76. The van der Waals surface area contributed by atoms with Gasteiger partial charge in [-0.1, -0.05) is 6.92 Å². The lowest BCUT2D eigenvalue weighted by Crippen LogP contribution is -2.10. The van der Waals surface area contributed by atoms with Crippen LogP contribution in [0.3, 0.4) is 0 Å². The van der Waals surface area contributed by atoms with Gasteiger partial charge in [-0.3, -0.25) is 4.68 Å². The SMILES string of the molecule is CCCNc1nc(-c2cnn(C)c2)nc(-n2cncn2)n1. The van der Waals surface area contributed by atoms with Crippen LogP contribution < -0.4 is 5.32 Å². The maximum absolute atomic E-state index is 4.42. The molecule has 9 heteroatoms. The first-order valence-electron chi connectivity index (χ1n) is 6.60. The monoisotopic (exact) mass is 285 g/mol. The number of rotatable bonds is 5. The fourth-order valence-corrected chi connectivity index (χ4v) is 1.76. The van der Waals surface area contributed by atoms with E-state index in [-0.39, 0.29) is 0 Å². The standard InChI is InChI=1S/C12H15N9/c1-3-4-14-11-17-10(9-5-15-20(2)6-9)18-12(19-11)21-8-13-7-16-21/h5-8H,3-4H2,1-2H3,(H,14,17,18,19). The van der Waals surface area contributed by atoms with E-state index in [4.69, 9.17) is 0 Å². The minimum absolute atomic E-state index is 0.417. The van der Waals surface area contributed by atoms with Gasteiger partial charge in [0.2, 0.25) is 5.95 Å². The van der Waals surface area contributed by atoms with Crippen molar-refractivity contribution >= 4 is 5.95 Å². The summed E-state index contributed by atoms with van der Waals surface area (Å²) in [5.74, 6) is 1.47. The summed E-state index contributed by atoms with van der Waals surface area (Å²) in [6.07, 6.45) is 7.53. The molecular formula is C12H15N9. The van der Waals surface area contributed by atoms with Crippen molar-refractivity contribution < 1.29 is 0 Å². The molecule has 0 unspecified atom stereocenters. The first kappa shape index (κ1) is 13.2. The van der Waals surface area contributed by atoms with Crippen LogP contribution in [0.4, 0.5) is 5.95 Å². The minimum Gasteiger partial charge on any atom is -0.354 e. The average Bonchev–Trinajstić information content (AvgIpc) is 3.16. The van der Waals surface area contributed by atoms with Crippen molar-refractivity contribution in [3.05, 3.63) is 25.0 Å². The first-order valence-corrected chi connectivity index (χ1v) is 6.60. The summed E-state index contributed by atoms with van der Waals surface area (Å²) in [4.78, 5) is 17.1. The van der Waals surface area contributed by atoms with Crippen LogP contribution in [-0.2, 0) is 7.05 Å². The van der Waals surface area contributed by atoms with Crippen LogP contribution in [0.15, 0.2) is 25.0 Å². The molecule has 0 aromatic carbocycles. The Balaban J connectivity index is 2.04. The predicted molar refractivity (Wildman–Crippen MR) is 75.7 cm³/mol. The highest BCUT2D eigenvalue weighted by Crippen LogP contribution is 2.16. The summed E-state index contributed by atoms with van der Waals surface area (Å²) >= 11 is 0. The van der Waals surface area contributed by atoms with E-state index in [2.05, 4.69) is 42.4 Å². The Labute approximate surface area is 121 Å². The summed E-state index contributed by atoms with van der Waals surface area (Å²) in [6.45, 7) is 2.86. The van der Waals surface area contributed by atoms with Crippen LogP contribution in [0.1, 0.15) is 13.3 Å². The molecule has 0 aliphatic heterocycles. The lowest BCUT2D eigenvalue weighted by molar-refractivity contribution is 0.767. The van der Waals surface area contributed by atoms with Gasteiger partial charge < -0.3 is 5.32 Å². The third-order valence-electron chi connectivity index (χ3n) is 2.74. The van der Waals surface area contributed by atoms with Crippen molar-refractivity contribution in [2.75, 3.05) is 11.9 Å². The van der Waals surface area contributed by atoms with Gasteiger partial charge in [-0.05, 0) is 6.42 Å². The third kappa shape index (κ3) is 2.86. The van der Waals surface area contributed by atoms with E-state index >= 15 is 0 Å². The van der Waals surface area contributed by atoms with E-state index in [0.29, 0.717) is 17.7 Å². The third-order valence-corrected chi connectivity index (χ3v) is 2.74. The fraction of sp³-hybridized carbons (Fsp3) is 0.333. The molecule has 0 atom stereocenters.